The number of rotatable bonds is 6. The van der Waals surface area contributed by atoms with Gasteiger partial charge in [0.15, 0.2) is 11.6 Å². The fourth-order valence-corrected chi connectivity index (χ4v) is 3.45. The van der Waals surface area contributed by atoms with E-state index in [2.05, 4.69) is 32.7 Å². The number of nitrogens with one attached hydrogen (secondary N) is 2. The fraction of sp³-hybridized carbons (Fsp3) is 0.619. The van der Waals surface area contributed by atoms with Crippen LogP contribution in [0.4, 0.5) is 4.79 Å². The van der Waals surface area contributed by atoms with Gasteiger partial charge in [0, 0.05) is 38.8 Å². The van der Waals surface area contributed by atoms with Gasteiger partial charge in [-0.05, 0) is 52.7 Å². The summed E-state index contributed by atoms with van der Waals surface area (Å²) in [6.07, 6.45) is 4.20. The van der Waals surface area contributed by atoms with E-state index in [1.807, 2.05) is 49.6 Å². The van der Waals surface area contributed by atoms with Crippen molar-refractivity contribution in [1.29, 1.82) is 0 Å². The van der Waals surface area contributed by atoms with E-state index in [1.54, 1.807) is 0 Å². The van der Waals surface area contributed by atoms with Crippen LogP contribution in [0, 0.1) is 0 Å². The largest absolute Gasteiger partial charge is 0.444 e. The minimum atomic E-state index is -0.492. The molecule has 1 aliphatic heterocycles. The van der Waals surface area contributed by atoms with Crippen molar-refractivity contribution in [2.75, 3.05) is 26.2 Å². The molecule has 1 unspecified atom stereocenters. The van der Waals surface area contributed by atoms with Crippen LogP contribution < -0.4 is 10.6 Å². The Morgan fingerprint density at radius 3 is 2.87 bits per heavy atom. The number of amides is 1. The molecule has 0 spiro atoms. The normalized spacial score (nSPS) is 16.8. The molecule has 0 saturated carbocycles. The number of aryl methyl sites for hydroxylation is 1. The Balaban J connectivity index is 0.00000341. The topological polar surface area (TPSA) is 96.1 Å². The Hall–Kier alpha value is -2.11. The highest BCUT2D eigenvalue weighted by molar-refractivity contribution is 14.0. The summed E-state index contributed by atoms with van der Waals surface area (Å²) < 4.78 is 7.38. The molecule has 9 nitrogen and oxygen atoms in total. The average Bonchev–Trinajstić information content (AvgIpc) is 3.30. The molecular weight excluding hydrogens is 509 g/mol. The van der Waals surface area contributed by atoms with Gasteiger partial charge < -0.3 is 20.3 Å². The SMILES string of the molecule is CCNC(=NCCCc1nnc2ccccn12)N1CCC(NC(=O)OC(C)(C)C)C1.I. The van der Waals surface area contributed by atoms with Crippen molar-refractivity contribution in [3.63, 3.8) is 0 Å². The van der Waals surface area contributed by atoms with Crippen molar-refractivity contribution in [2.45, 2.75) is 58.6 Å². The summed E-state index contributed by atoms with van der Waals surface area (Å²) in [7, 11) is 0. The number of pyridine rings is 1. The van der Waals surface area contributed by atoms with Crippen molar-refractivity contribution in [3.8, 4) is 0 Å². The number of hydrogen-bond donors (Lipinski definition) is 2. The van der Waals surface area contributed by atoms with Gasteiger partial charge in [-0.3, -0.25) is 9.39 Å². The van der Waals surface area contributed by atoms with Crippen LogP contribution in [0.2, 0.25) is 0 Å². The number of alkyl carbamates (subject to hydrolysis) is 1. The summed E-state index contributed by atoms with van der Waals surface area (Å²) >= 11 is 0. The van der Waals surface area contributed by atoms with E-state index in [4.69, 9.17) is 9.73 Å². The zero-order valence-corrected chi connectivity index (χ0v) is 21.1. The maximum absolute atomic E-state index is 12.0. The lowest BCUT2D eigenvalue weighted by molar-refractivity contribution is 0.0507. The van der Waals surface area contributed by atoms with E-state index in [0.29, 0.717) is 6.54 Å². The number of aromatic nitrogens is 3. The molecule has 10 heteroatoms. The summed E-state index contributed by atoms with van der Waals surface area (Å²) in [5.74, 6) is 1.84. The van der Waals surface area contributed by atoms with E-state index >= 15 is 0 Å². The van der Waals surface area contributed by atoms with Gasteiger partial charge in [0.2, 0.25) is 0 Å². The highest BCUT2D eigenvalue weighted by atomic mass is 127. The van der Waals surface area contributed by atoms with Crippen LogP contribution in [0.3, 0.4) is 0 Å². The molecule has 1 atom stereocenters. The molecule has 2 N–H and O–H groups in total. The number of fused-ring (bicyclic) bond motifs is 1. The summed E-state index contributed by atoms with van der Waals surface area (Å²) in [4.78, 5) is 19.0. The second-order valence-corrected chi connectivity index (χ2v) is 8.46. The highest BCUT2D eigenvalue weighted by Crippen LogP contribution is 2.12. The maximum Gasteiger partial charge on any atom is 0.407 e. The van der Waals surface area contributed by atoms with Gasteiger partial charge >= 0.3 is 6.09 Å². The van der Waals surface area contributed by atoms with Crippen molar-refractivity contribution in [3.05, 3.63) is 30.2 Å². The molecule has 0 aliphatic carbocycles. The first-order valence-corrected chi connectivity index (χ1v) is 10.7. The predicted molar refractivity (Wildman–Crippen MR) is 132 cm³/mol. The van der Waals surface area contributed by atoms with Crippen LogP contribution in [0.15, 0.2) is 29.4 Å². The molecule has 3 heterocycles. The molecule has 172 valence electrons. The third kappa shape index (κ3) is 7.51. The van der Waals surface area contributed by atoms with E-state index in [0.717, 1.165) is 56.3 Å². The molecule has 3 rings (SSSR count). The molecule has 0 radical (unpaired) electrons. The van der Waals surface area contributed by atoms with Gasteiger partial charge in [-0.15, -0.1) is 34.2 Å². The van der Waals surface area contributed by atoms with Gasteiger partial charge in [-0.25, -0.2) is 4.79 Å². The van der Waals surface area contributed by atoms with E-state index < -0.39 is 5.60 Å². The maximum atomic E-state index is 12.0. The van der Waals surface area contributed by atoms with Crippen LogP contribution in [0.1, 0.15) is 46.4 Å². The number of carbonyl (C=O) groups excluding carboxylic acids is 1. The monoisotopic (exact) mass is 543 g/mol. The minimum absolute atomic E-state index is 0. The molecule has 31 heavy (non-hydrogen) atoms. The number of likely N-dealkylation sites (tertiary alicyclic amines) is 1. The third-order valence-corrected chi connectivity index (χ3v) is 4.75. The van der Waals surface area contributed by atoms with Crippen LogP contribution in [-0.4, -0.2) is 69.4 Å². The fourth-order valence-electron chi connectivity index (χ4n) is 3.45. The molecule has 2 aromatic heterocycles. The summed E-state index contributed by atoms with van der Waals surface area (Å²) in [5, 5.41) is 14.8. The number of hydrogen-bond acceptors (Lipinski definition) is 5. The van der Waals surface area contributed by atoms with Gasteiger partial charge in [-0.1, -0.05) is 6.07 Å². The predicted octanol–water partition coefficient (Wildman–Crippen LogP) is 2.84. The number of ether oxygens (including phenoxy) is 1. The Bertz CT molecular complexity index is 878. The first kappa shape index (κ1) is 25.2. The molecule has 1 saturated heterocycles. The van der Waals surface area contributed by atoms with Gasteiger partial charge in [-0.2, -0.15) is 0 Å². The third-order valence-electron chi connectivity index (χ3n) is 4.75. The summed E-state index contributed by atoms with van der Waals surface area (Å²) in [5.41, 5.74) is 0.374. The Morgan fingerprint density at radius 1 is 1.32 bits per heavy atom. The number of aliphatic imine (C=N–C) groups is 1. The summed E-state index contributed by atoms with van der Waals surface area (Å²) in [6.45, 7) is 10.7. The average molecular weight is 543 g/mol. The Labute approximate surface area is 201 Å². The van der Waals surface area contributed by atoms with E-state index in [9.17, 15) is 4.79 Å². The number of halogens is 1. The van der Waals surface area contributed by atoms with Gasteiger partial charge in [0.25, 0.3) is 0 Å². The van der Waals surface area contributed by atoms with Crippen LogP contribution in [-0.2, 0) is 11.2 Å². The van der Waals surface area contributed by atoms with Gasteiger partial charge in [0.05, 0.1) is 6.04 Å². The van der Waals surface area contributed by atoms with Crippen LogP contribution in [0.5, 0.6) is 0 Å². The highest BCUT2D eigenvalue weighted by Gasteiger charge is 2.27. The summed E-state index contributed by atoms with van der Waals surface area (Å²) in [6, 6.07) is 5.96. The zero-order valence-electron chi connectivity index (χ0n) is 18.8. The van der Waals surface area contributed by atoms with Gasteiger partial charge in [0.1, 0.15) is 11.4 Å². The first-order chi connectivity index (χ1) is 14.4. The lowest BCUT2D eigenvalue weighted by Gasteiger charge is -2.23. The van der Waals surface area contributed by atoms with Crippen molar-refractivity contribution >= 4 is 41.7 Å². The zero-order chi connectivity index (χ0) is 21.6. The van der Waals surface area contributed by atoms with Crippen molar-refractivity contribution < 1.29 is 9.53 Å². The molecule has 0 bridgehead atoms. The number of nitrogens with zero attached hydrogens (tertiary/aromatic N) is 5. The molecule has 1 aliphatic rings. The first-order valence-electron chi connectivity index (χ1n) is 10.7. The smallest absolute Gasteiger partial charge is 0.407 e. The molecule has 1 fully saturated rings. The minimum Gasteiger partial charge on any atom is -0.444 e. The van der Waals surface area contributed by atoms with Crippen molar-refractivity contribution in [1.82, 2.24) is 30.1 Å². The quantitative estimate of drug-likeness (QED) is 0.252. The Morgan fingerprint density at radius 2 is 2.13 bits per heavy atom. The second-order valence-electron chi connectivity index (χ2n) is 8.46. The number of carbonyl (C=O) groups is 1. The van der Waals surface area contributed by atoms with Crippen LogP contribution in [0.25, 0.3) is 5.65 Å². The Kier molecular flexibility index (Phi) is 9.32. The lowest BCUT2D eigenvalue weighted by atomic mass is 10.2. The molecule has 0 aromatic carbocycles. The second kappa shape index (κ2) is 11.5. The standard InChI is InChI=1S/C21H33N7O2.HI/c1-5-22-19(27-14-11-16(15-27)24-20(29)30-21(2,3)4)23-12-8-10-18-26-25-17-9-6-7-13-28(17)18;/h6-7,9,13,16H,5,8,10-12,14-15H2,1-4H3,(H,22,23)(H,24,29);1H. The number of guanidine groups is 1. The van der Waals surface area contributed by atoms with E-state index in [1.165, 1.54) is 0 Å². The lowest BCUT2D eigenvalue weighted by Crippen LogP contribution is -2.44. The molecule has 1 amide bonds. The molecular formula is C21H34IN7O2. The van der Waals surface area contributed by atoms with Crippen LogP contribution >= 0.6 is 24.0 Å². The van der Waals surface area contributed by atoms with Crippen molar-refractivity contribution in [2.24, 2.45) is 4.99 Å². The molecule has 2 aromatic rings. The van der Waals surface area contributed by atoms with E-state index in [-0.39, 0.29) is 36.1 Å².